The van der Waals surface area contributed by atoms with Crippen molar-refractivity contribution in [3.8, 4) is 0 Å². The van der Waals surface area contributed by atoms with E-state index < -0.39 is 11.2 Å². The number of morpholine rings is 1. The number of carbonyl (C=O) groups excluding carboxylic acids is 1. The van der Waals surface area contributed by atoms with Crippen LogP contribution in [0.2, 0.25) is 0 Å². The summed E-state index contributed by atoms with van der Waals surface area (Å²) >= 11 is 0. The van der Waals surface area contributed by atoms with Crippen molar-refractivity contribution in [2.24, 2.45) is 5.92 Å². The van der Waals surface area contributed by atoms with Crippen molar-refractivity contribution in [3.05, 3.63) is 26.7 Å². The lowest BCUT2D eigenvalue weighted by atomic mass is 10.2. The first-order valence-corrected chi connectivity index (χ1v) is 9.99. The number of nitrogens with zero attached hydrogens (tertiary/aromatic N) is 4. The largest absolute Gasteiger partial charge is 0.383 e. The summed E-state index contributed by atoms with van der Waals surface area (Å²) in [5.74, 6) is 0.844. The van der Waals surface area contributed by atoms with Gasteiger partial charge in [-0.1, -0.05) is 13.8 Å². The minimum atomic E-state index is -0.473. The van der Waals surface area contributed by atoms with Crippen LogP contribution in [0.1, 0.15) is 26.1 Å². The molecule has 2 aromatic heterocycles. The van der Waals surface area contributed by atoms with Gasteiger partial charge in [-0.2, -0.15) is 0 Å². The lowest BCUT2D eigenvalue weighted by Gasteiger charge is -2.26. The molecule has 0 bridgehead atoms. The highest BCUT2D eigenvalue weighted by Crippen LogP contribution is 2.15. The highest BCUT2D eigenvalue weighted by Gasteiger charge is 2.21. The maximum Gasteiger partial charge on any atom is 0.330 e. The molecule has 1 saturated heterocycles. The number of aryl methyl sites for hydroxylation is 1. The molecule has 10 heteroatoms. The summed E-state index contributed by atoms with van der Waals surface area (Å²) < 4.78 is 13.7. The Labute approximate surface area is 168 Å². The fourth-order valence-corrected chi connectivity index (χ4v) is 3.56. The highest BCUT2D eigenvalue weighted by atomic mass is 16.5. The Balaban J connectivity index is 1.96. The molecule has 10 nitrogen and oxygen atoms in total. The van der Waals surface area contributed by atoms with Gasteiger partial charge >= 0.3 is 5.69 Å². The fraction of sp³-hybridized carbons (Fsp3) is 0.684. The number of fused-ring (bicyclic) bond motifs is 1. The van der Waals surface area contributed by atoms with E-state index in [-0.39, 0.29) is 18.2 Å². The van der Waals surface area contributed by atoms with E-state index in [1.165, 1.54) is 4.57 Å². The number of nitrogens with one attached hydrogen (secondary N) is 1. The number of aromatic nitrogens is 4. The van der Waals surface area contributed by atoms with Crippen molar-refractivity contribution in [1.29, 1.82) is 0 Å². The molecule has 160 valence electrons. The van der Waals surface area contributed by atoms with Gasteiger partial charge < -0.3 is 18.9 Å². The predicted molar refractivity (Wildman–Crippen MR) is 107 cm³/mol. The van der Waals surface area contributed by atoms with E-state index in [9.17, 15) is 14.4 Å². The van der Waals surface area contributed by atoms with Crippen LogP contribution in [0, 0.1) is 5.92 Å². The molecule has 0 aromatic carbocycles. The molecule has 1 amide bonds. The van der Waals surface area contributed by atoms with Gasteiger partial charge in [0.1, 0.15) is 5.82 Å². The topological polar surface area (TPSA) is 111 Å². The normalized spacial score (nSPS) is 14.8. The van der Waals surface area contributed by atoms with Gasteiger partial charge in [0.25, 0.3) is 5.56 Å². The van der Waals surface area contributed by atoms with Crippen LogP contribution < -0.4 is 11.2 Å². The number of amides is 1. The molecule has 0 saturated carbocycles. The second-order valence-electron chi connectivity index (χ2n) is 7.60. The van der Waals surface area contributed by atoms with Crippen LogP contribution in [0.3, 0.4) is 0 Å². The van der Waals surface area contributed by atoms with Crippen molar-refractivity contribution >= 4 is 17.1 Å². The molecule has 1 fully saturated rings. The van der Waals surface area contributed by atoms with Gasteiger partial charge in [-0.05, 0) is 5.92 Å². The average molecular weight is 407 g/mol. The third-order valence-electron chi connectivity index (χ3n) is 4.96. The Morgan fingerprint density at radius 3 is 2.62 bits per heavy atom. The smallest absolute Gasteiger partial charge is 0.330 e. The molecule has 29 heavy (non-hydrogen) atoms. The van der Waals surface area contributed by atoms with E-state index in [1.807, 2.05) is 13.8 Å². The molecule has 1 aliphatic heterocycles. The number of hydrogen-bond donors (Lipinski definition) is 1. The standard InChI is InChI=1S/C19H29N5O5/c1-13(2)12-24-17-16(18(26)21-19(24)27)23(8-9-28-3)14(20-17)4-5-15(25)22-6-10-29-11-7-22/h13H,4-12H2,1-3H3,(H,21,26,27). The van der Waals surface area contributed by atoms with Gasteiger partial charge in [0.15, 0.2) is 11.2 Å². The Morgan fingerprint density at radius 1 is 1.24 bits per heavy atom. The number of ether oxygens (including phenoxy) is 2. The molecule has 0 radical (unpaired) electrons. The van der Waals surface area contributed by atoms with E-state index in [2.05, 4.69) is 9.97 Å². The van der Waals surface area contributed by atoms with E-state index in [4.69, 9.17) is 9.47 Å². The van der Waals surface area contributed by atoms with Crippen LogP contribution in [-0.2, 0) is 33.8 Å². The van der Waals surface area contributed by atoms with Crippen LogP contribution in [0.15, 0.2) is 9.59 Å². The van der Waals surface area contributed by atoms with Crippen molar-refractivity contribution in [3.63, 3.8) is 0 Å². The Kier molecular flexibility index (Phi) is 6.86. The van der Waals surface area contributed by atoms with Gasteiger partial charge in [-0.15, -0.1) is 0 Å². The number of rotatable bonds is 8. The second kappa shape index (κ2) is 9.36. The zero-order valence-corrected chi connectivity index (χ0v) is 17.3. The SMILES string of the molecule is COCCn1c(CCC(=O)N2CCOCC2)nc2c1c(=O)[nH]c(=O)n2CC(C)C. The third kappa shape index (κ3) is 4.76. The molecule has 1 N–H and O–H groups in total. The molecular weight excluding hydrogens is 378 g/mol. The van der Waals surface area contributed by atoms with Crippen LogP contribution in [0.5, 0.6) is 0 Å². The number of carbonyl (C=O) groups is 1. The molecule has 0 unspecified atom stereocenters. The zero-order valence-electron chi connectivity index (χ0n) is 17.3. The highest BCUT2D eigenvalue weighted by molar-refractivity contribution is 5.77. The molecular formula is C19H29N5O5. The quantitative estimate of drug-likeness (QED) is 0.658. The lowest BCUT2D eigenvalue weighted by Crippen LogP contribution is -2.40. The third-order valence-corrected chi connectivity index (χ3v) is 4.96. The van der Waals surface area contributed by atoms with Gasteiger partial charge in [0.2, 0.25) is 5.91 Å². The van der Waals surface area contributed by atoms with E-state index >= 15 is 0 Å². The van der Waals surface area contributed by atoms with Crippen LogP contribution >= 0.6 is 0 Å². The second-order valence-corrected chi connectivity index (χ2v) is 7.60. The average Bonchev–Trinajstić information content (AvgIpc) is 3.07. The molecule has 0 aliphatic carbocycles. The van der Waals surface area contributed by atoms with E-state index in [0.29, 0.717) is 69.4 Å². The Bertz CT molecular complexity index is 968. The summed E-state index contributed by atoms with van der Waals surface area (Å²) in [5.41, 5.74) is -0.239. The molecule has 1 aliphatic rings. The van der Waals surface area contributed by atoms with E-state index in [1.54, 1.807) is 16.6 Å². The molecule has 0 atom stereocenters. The Morgan fingerprint density at radius 2 is 1.97 bits per heavy atom. The van der Waals surface area contributed by atoms with Gasteiger partial charge in [0, 0.05) is 46.1 Å². The van der Waals surface area contributed by atoms with Crippen molar-refractivity contribution in [1.82, 2.24) is 24.0 Å². The van der Waals surface area contributed by atoms with Crippen LogP contribution in [-0.4, -0.2) is 69.9 Å². The summed E-state index contributed by atoms with van der Waals surface area (Å²) in [6.45, 7) is 7.51. The van der Waals surface area contributed by atoms with Crippen LogP contribution in [0.25, 0.3) is 11.2 Å². The first kappa shape index (κ1) is 21.3. The molecule has 3 heterocycles. The maximum absolute atomic E-state index is 12.6. The van der Waals surface area contributed by atoms with E-state index in [0.717, 1.165) is 0 Å². The first-order chi connectivity index (χ1) is 13.9. The summed E-state index contributed by atoms with van der Waals surface area (Å²) in [6, 6.07) is 0. The first-order valence-electron chi connectivity index (χ1n) is 9.99. The van der Waals surface area contributed by atoms with Crippen molar-refractivity contribution < 1.29 is 14.3 Å². The van der Waals surface area contributed by atoms with Gasteiger partial charge in [-0.25, -0.2) is 9.78 Å². The summed E-state index contributed by atoms with van der Waals surface area (Å²) in [4.78, 5) is 46.2. The summed E-state index contributed by atoms with van der Waals surface area (Å²) in [6.07, 6.45) is 0.659. The minimum absolute atomic E-state index is 0.0344. The maximum atomic E-state index is 12.6. The minimum Gasteiger partial charge on any atom is -0.383 e. The summed E-state index contributed by atoms with van der Waals surface area (Å²) in [5, 5.41) is 0. The number of hydrogen-bond acceptors (Lipinski definition) is 6. The van der Waals surface area contributed by atoms with Crippen molar-refractivity contribution in [2.75, 3.05) is 40.0 Å². The fourth-order valence-electron chi connectivity index (χ4n) is 3.56. The Hall–Kier alpha value is -2.46. The monoisotopic (exact) mass is 407 g/mol. The lowest BCUT2D eigenvalue weighted by molar-refractivity contribution is -0.135. The van der Waals surface area contributed by atoms with Gasteiger partial charge in [0.05, 0.1) is 19.8 Å². The predicted octanol–water partition coefficient (Wildman–Crippen LogP) is -0.0199. The number of methoxy groups -OCH3 is 1. The molecule has 3 rings (SSSR count). The zero-order chi connectivity index (χ0) is 21.0. The number of aromatic amines is 1. The molecule has 2 aromatic rings. The summed E-state index contributed by atoms with van der Waals surface area (Å²) in [7, 11) is 1.58. The number of H-pyrrole nitrogens is 1. The number of imidazole rings is 1. The van der Waals surface area contributed by atoms with Crippen molar-refractivity contribution in [2.45, 2.75) is 39.8 Å². The van der Waals surface area contributed by atoms with Crippen LogP contribution in [0.4, 0.5) is 0 Å². The van der Waals surface area contributed by atoms with Gasteiger partial charge in [-0.3, -0.25) is 19.1 Å². The molecule has 0 spiro atoms.